The highest BCUT2D eigenvalue weighted by atomic mass is 127. The molecule has 154 valence electrons. The largest absolute Gasteiger partial charge is 0.357 e. The van der Waals surface area contributed by atoms with Crippen LogP contribution in [-0.2, 0) is 0 Å². The molecular formula is C20H36IN5S. The highest BCUT2D eigenvalue weighted by Gasteiger charge is 2.24. The maximum absolute atomic E-state index is 4.96. The van der Waals surface area contributed by atoms with Crippen molar-refractivity contribution in [1.82, 2.24) is 20.4 Å². The van der Waals surface area contributed by atoms with E-state index in [9.17, 15) is 0 Å². The van der Waals surface area contributed by atoms with Gasteiger partial charge in [0, 0.05) is 18.0 Å². The minimum absolute atomic E-state index is 0. The van der Waals surface area contributed by atoms with E-state index in [-0.39, 0.29) is 24.0 Å². The monoisotopic (exact) mass is 505 g/mol. The number of halogens is 1. The minimum atomic E-state index is 0. The molecule has 27 heavy (non-hydrogen) atoms. The quantitative estimate of drug-likeness (QED) is 0.339. The molecular weight excluding hydrogens is 469 g/mol. The number of piperidine rings is 1. The van der Waals surface area contributed by atoms with Crippen LogP contribution >= 0.6 is 35.3 Å². The Kier molecular flexibility index (Phi) is 10.4. The van der Waals surface area contributed by atoms with Crippen LogP contribution in [0, 0.1) is 5.92 Å². The molecule has 2 saturated heterocycles. The first kappa shape index (κ1) is 22.9. The average Bonchev–Trinajstić information content (AvgIpc) is 3.35. The molecule has 0 amide bonds. The van der Waals surface area contributed by atoms with Gasteiger partial charge in [-0.25, -0.2) is 0 Å². The van der Waals surface area contributed by atoms with E-state index < -0.39 is 0 Å². The van der Waals surface area contributed by atoms with E-state index in [1.807, 2.05) is 11.3 Å². The predicted molar refractivity (Wildman–Crippen MR) is 127 cm³/mol. The number of likely N-dealkylation sites (tertiary alicyclic amines) is 2. The van der Waals surface area contributed by atoms with E-state index in [1.54, 1.807) is 0 Å². The molecule has 0 saturated carbocycles. The molecule has 2 aliphatic heterocycles. The number of guanidine groups is 1. The highest BCUT2D eigenvalue weighted by Crippen LogP contribution is 2.28. The van der Waals surface area contributed by atoms with Gasteiger partial charge in [-0.15, -0.1) is 35.3 Å². The Hall–Kier alpha value is -0.380. The molecule has 1 aromatic heterocycles. The van der Waals surface area contributed by atoms with Gasteiger partial charge in [-0.1, -0.05) is 6.07 Å². The molecule has 0 aromatic carbocycles. The Morgan fingerprint density at radius 3 is 2.59 bits per heavy atom. The van der Waals surface area contributed by atoms with Crippen molar-refractivity contribution in [2.45, 2.75) is 38.6 Å². The summed E-state index contributed by atoms with van der Waals surface area (Å²) in [5, 5.41) is 9.22. The van der Waals surface area contributed by atoms with Crippen LogP contribution in [-0.4, -0.2) is 68.6 Å². The van der Waals surface area contributed by atoms with E-state index in [0.29, 0.717) is 6.04 Å². The summed E-state index contributed by atoms with van der Waals surface area (Å²) in [5.74, 6) is 1.74. The molecule has 2 aliphatic rings. The van der Waals surface area contributed by atoms with Crippen molar-refractivity contribution in [3.05, 3.63) is 22.4 Å². The van der Waals surface area contributed by atoms with Crippen LogP contribution in [0.5, 0.6) is 0 Å². The van der Waals surface area contributed by atoms with Crippen molar-refractivity contribution in [2.24, 2.45) is 10.9 Å². The van der Waals surface area contributed by atoms with E-state index >= 15 is 0 Å². The van der Waals surface area contributed by atoms with Crippen molar-refractivity contribution < 1.29 is 0 Å². The van der Waals surface area contributed by atoms with Gasteiger partial charge in [-0.3, -0.25) is 9.89 Å². The Morgan fingerprint density at radius 2 is 1.96 bits per heavy atom. The first-order valence-corrected chi connectivity index (χ1v) is 11.1. The fraction of sp³-hybridized carbons (Fsp3) is 0.750. The Bertz CT molecular complexity index is 537. The van der Waals surface area contributed by atoms with E-state index in [2.05, 4.69) is 51.9 Å². The molecule has 1 aromatic rings. The summed E-state index contributed by atoms with van der Waals surface area (Å²) in [6.45, 7) is 9.77. The number of aliphatic imine (C=N–C) groups is 1. The summed E-state index contributed by atoms with van der Waals surface area (Å²) >= 11 is 1.86. The fourth-order valence-electron chi connectivity index (χ4n) is 3.95. The zero-order valence-corrected chi connectivity index (χ0v) is 20.0. The number of hydrogen-bond donors (Lipinski definition) is 2. The molecule has 0 radical (unpaired) electrons. The van der Waals surface area contributed by atoms with Crippen molar-refractivity contribution in [2.75, 3.05) is 52.9 Å². The second-order valence-electron chi connectivity index (χ2n) is 7.62. The smallest absolute Gasteiger partial charge is 0.191 e. The SMILES string of the molecule is CCNC(=NCC(c1cccs1)N1CCCC1)NCC1CCN(C)CC1.I. The number of nitrogens with zero attached hydrogens (tertiary/aromatic N) is 3. The van der Waals surface area contributed by atoms with Crippen LogP contribution in [0.25, 0.3) is 0 Å². The molecule has 1 atom stereocenters. The Labute approximate surface area is 186 Å². The Balaban J connectivity index is 0.00000261. The second kappa shape index (κ2) is 12.2. The van der Waals surface area contributed by atoms with Gasteiger partial charge in [0.2, 0.25) is 0 Å². The molecule has 2 N–H and O–H groups in total. The topological polar surface area (TPSA) is 42.9 Å². The van der Waals surface area contributed by atoms with Crippen LogP contribution < -0.4 is 10.6 Å². The summed E-state index contributed by atoms with van der Waals surface area (Å²) in [6.07, 6.45) is 5.21. The third-order valence-electron chi connectivity index (χ3n) is 5.62. The molecule has 7 heteroatoms. The highest BCUT2D eigenvalue weighted by molar-refractivity contribution is 14.0. The fourth-order valence-corrected chi connectivity index (χ4v) is 4.80. The lowest BCUT2D eigenvalue weighted by molar-refractivity contribution is 0.220. The van der Waals surface area contributed by atoms with Crippen LogP contribution in [0.4, 0.5) is 0 Å². The van der Waals surface area contributed by atoms with Gasteiger partial charge in [-0.2, -0.15) is 0 Å². The molecule has 5 nitrogen and oxygen atoms in total. The van der Waals surface area contributed by atoms with Crippen molar-refractivity contribution >= 4 is 41.3 Å². The van der Waals surface area contributed by atoms with Crippen LogP contribution in [0.15, 0.2) is 22.5 Å². The van der Waals surface area contributed by atoms with Crippen LogP contribution in [0.3, 0.4) is 0 Å². The lowest BCUT2D eigenvalue weighted by Crippen LogP contribution is -2.42. The van der Waals surface area contributed by atoms with Gasteiger partial charge in [-0.05, 0) is 83.2 Å². The van der Waals surface area contributed by atoms with Crippen LogP contribution in [0.1, 0.15) is 43.5 Å². The van der Waals surface area contributed by atoms with Gasteiger partial charge in [0.05, 0.1) is 12.6 Å². The molecule has 0 spiro atoms. The summed E-state index contributed by atoms with van der Waals surface area (Å²) in [5.41, 5.74) is 0. The number of thiophene rings is 1. The van der Waals surface area contributed by atoms with Crippen molar-refractivity contribution in [3.63, 3.8) is 0 Å². The summed E-state index contributed by atoms with van der Waals surface area (Å²) in [6, 6.07) is 4.86. The number of nitrogens with one attached hydrogen (secondary N) is 2. The number of rotatable bonds is 7. The normalized spacial score (nSPS) is 21.0. The molecule has 0 bridgehead atoms. The first-order valence-electron chi connectivity index (χ1n) is 10.2. The second-order valence-corrected chi connectivity index (χ2v) is 8.60. The van der Waals surface area contributed by atoms with Gasteiger partial charge >= 0.3 is 0 Å². The van der Waals surface area contributed by atoms with Gasteiger partial charge in [0.1, 0.15) is 0 Å². The molecule has 2 fully saturated rings. The summed E-state index contributed by atoms with van der Waals surface area (Å²) in [4.78, 5) is 11.4. The average molecular weight is 506 g/mol. The Morgan fingerprint density at radius 1 is 1.22 bits per heavy atom. The maximum Gasteiger partial charge on any atom is 0.191 e. The standard InChI is InChI=1S/C20H35N5S.HI/c1-3-21-20(22-15-17-8-12-24(2)13-9-17)23-16-18(19-7-6-14-26-19)25-10-4-5-11-25;/h6-7,14,17-18H,3-5,8-13,15-16H2,1-2H3,(H2,21,22,23);1H. The summed E-state index contributed by atoms with van der Waals surface area (Å²) in [7, 11) is 2.22. The van der Waals surface area contributed by atoms with E-state index in [1.165, 1.54) is 56.7 Å². The van der Waals surface area contributed by atoms with E-state index in [0.717, 1.165) is 31.5 Å². The lowest BCUT2D eigenvalue weighted by Gasteiger charge is -2.29. The van der Waals surface area contributed by atoms with Crippen LogP contribution in [0.2, 0.25) is 0 Å². The van der Waals surface area contributed by atoms with Gasteiger partial charge in [0.15, 0.2) is 5.96 Å². The van der Waals surface area contributed by atoms with Crippen molar-refractivity contribution in [3.8, 4) is 0 Å². The predicted octanol–water partition coefficient (Wildman–Crippen LogP) is 3.40. The zero-order valence-electron chi connectivity index (χ0n) is 16.8. The van der Waals surface area contributed by atoms with Crippen molar-refractivity contribution in [1.29, 1.82) is 0 Å². The third-order valence-corrected chi connectivity index (χ3v) is 6.59. The van der Waals surface area contributed by atoms with Gasteiger partial charge in [0.25, 0.3) is 0 Å². The zero-order chi connectivity index (χ0) is 18.2. The molecule has 1 unspecified atom stereocenters. The number of hydrogen-bond acceptors (Lipinski definition) is 4. The summed E-state index contributed by atoms with van der Waals surface area (Å²) < 4.78 is 0. The first-order chi connectivity index (χ1) is 12.8. The van der Waals surface area contributed by atoms with Gasteiger partial charge < -0.3 is 15.5 Å². The minimum Gasteiger partial charge on any atom is -0.357 e. The molecule has 3 heterocycles. The third kappa shape index (κ3) is 7.18. The maximum atomic E-state index is 4.96. The lowest BCUT2D eigenvalue weighted by atomic mass is 9.97. The van der Waals surface area contributed by atoms with E-state index in [4.69, 9.17) is 4.99 Å². The molecule has 0 aliphatic carbocycles. The molecule has 3 rings (SSSR count).